The van der Waals surface area contributed by atoms with E-state index in [1.54, 1.807) is 0 Å². The van der Waals surface area contributed by atoms with E-state index in [9.17, 15) is 14.4 Å². The fraction of sp³-hybridized carbons (Fsp3) is 0.769. The lowest BCUT2D eigenvalue weighted by atomic mass is 9.66. The van der Waals surface area contributed by atoms with E-state index in [2.05, 4.69) is 10.1 Å². The van der Waals surface area contributed by atoms with Gasteiger partial charge in [0.05, 0.1) is 7.11 Å². The molecule has 1 rings (SSSR count). The first kappa shape index (κ1) is 16.4. The number of hydrogen-bond donors (Lipinski definition) is 3. The molecule has 20 heavy (non-hydrogen) atoms. The molecule has 0 aromatic rings. The third-order valence-electron chi connectivity index (χ3n) is 3.88. The number of ether oxygens (including phenoxy) is 1. The van der Waals surface area contributed by atoms with Gasteiger partial charge in [-0.2, -0.15) is 0 Å². The van der Waals surface area contributed by atoms with Gasteiger partial charge in [-0.15, -0.1) is 0 Å². The van der Waals surface area contributed by atoms with Crippen LogP contribution in [0.4, 0.5) is 0 Å². The number of carboxylic acids is 1. The number of aliphatic carboxylic acids is 1. The molecular formula is C13H22N2O5. The Morgan fingerprint density at radius 2 is 2.05 bits per heavy atom. The molecule has 0 unspecified atom stereocenters. The number of nitrogens with two attached hydrogens (primary N) is 1. The summed E-state index contributed by atoms with van der Waals surface area (Å²) in [5.41, 5.74) is 5.50. The van der Waals surface area contributed by atoms with Crippen molar-refractivity contribution in [2.45, 2.75) is 44.6 Å². The zero-order valence-electron chi connectivity index (χ0n) is 11.7. The highest BCUT2D eigenvalue weighted by Gasteiger charge is 2.38. The molecular weight excluding hydrogens is 264 g/mol. The number of hydrogen-bond acceptors (Lipinski definition) is 5. The highest BCUT2D eigenvalue weighted by molar-refractivity contribution is 5.84. The zero-order chi connectivity index (χ0) is 15.2. The van der Waals surface area contributed by atoms with Gasteiger partial charge < -0.3 is 20.9 Å². The number of methoxy groups -OCH3 is 1. The van der Waals surface area contributed by atoms with Crippen LogP contribution in [0.15, 0.2) is 0 Å². The lowest BCUT2D eigenvalue weighted by molar-refractivity contribution is -0.144. The fourth-order valence-electron chi connectivity index (χ4n) is 2.34. The lowest BCUT2D eigenvalue weighted by Crippen LogP contribution is -2.46. The normalized spacial score (nSPS) is 17.7. The van der Waals surface area contributed by atoms with E-state index in [1.807, 2.05) is 0 Å². The van der Waals surface area contributed by atoms with Crippen molar-refractivity contribution in [1.29, 1.82) is 0 Å². The van der Waals surface area contributed by atoms with Crippen LogP contribution in [-0.4, -0.2) is 42.6 Å². The summed E-state index contributed by atoms with van der Waals surface area (Å²) in [6.45, 7) is 0.431. The maximum atomic E-state index is 11.9. The molecule has 7 nitrogen and oxygen atoms in total. The smallest absolute Gasteiger partial charge is 0.326 e. The fourth-order valence-corrected chi connectivity index (χ4v) is 2.34. The third kappa shape index (κ3) is 4.48. The number of esters is 1. The molecule has 0 heterocycles. The Bertz CT molecular complexity index is 373. The average Bonchev–Trinajstić information content (AvgIpc) is 2.37. The summed E-state index contributed by atoms with van der Waals surface area (Å²) in [6, 6.07) is -1.07. The van der Waals surface area contributed by atoms with Crippen molar-refractivity contribution in [3.8, 4) is 0 Å². The standard InChI is InChI=1S/C13H22N2O5/c1-20-11(17)4-3-9(12(18)19)15-10(16)7-13(8-14)5-2-6-13/h9H,2-8,14H2,1H3,(H,15,16)(H,18,19)/t9-/m0/s1. The summed E-state index contributed by atoms with van der Waals surface area (Å²) < 4.78 is 4.45. The summed E-state index contributed by atoms with van der Waals surface area (Å²) in [7, 11) is 1.23. The molecule has 0 spiro atoms. The number of carbonyl (C=O) groups excluding carboxylic acids is 2. The van der Waals surface area contributed by atoms with Crippen molar-refractivity contribution < 1.29 is 24.2 Å². The summed E-state index contributed by atoms with van der Waals surface area (Å²) in [5, 5.41) is 11.5. The number of amides is 1. The van der Waals surface area contributed by atoms with E-state index < -0.39 is 18.0 Å². The van der Waals surface area contributed by atoms with Crippen molar-refractivity contribution in [3.63, 3.8) is 0 Å². The average molecular weight is 286 g/mol. The first-order chi connectivity index (χ1) is 9.42. The molecule has 7 heteroatoms. The molecule has 1 fully saturated rings. The predicted molar refractivity (Wildman–Crippen MR) is 70.8 cm³/mol. The van der Waals surface area contributed by atoms with Crippen molar-refractivity contribution >= 4 is 17.8 Å². The van der Waals surface area contributed by atoms with Crippen molar-refractivity contribution in [1.82, 2.24) is 5.32 Å². The van der Waals surface area contributed by atoms with E-state index in [4.69, 9.17) is 10.8 Å². The second kappa shape index (κ2) is 7.23. The highest BCUT2D eigenvalue weighted by Crippen LogP contribution is 2.42. The maximum absolute atomic E-state index is 11.9. The summed E-state index contributed by atoms with van der Waals surface area (Å²) in [4.78, 5) is 34.0. The van der Waals surface area contributed by atoms with Gasteiger partial charge in [-0.1, -0.05) is 6.42 Å². The molecule has 4 N–H and O–H groups in total. The second-order valence-electron chi connectivity index (χ2n) is 5.31. The summed E-state index contributed by atoms with van der Waals surface area (Å²) in [6.07, 6.45) is 3.06. The molecule has 1 aliphatic carbocycles. The Kier molecular flexibility index (Phi) is 5.94. The van der Waals surface area contributed by atoms with Crippen LogP contribution in [0.25, 0.3) is 0 Å². The summed E-state index contributed by atoms with van der Waals surface area (Å²) >= 11 is 0. The monoisotopic (exact) mass is 286 g/mol. The third-order valence-corrected chi connectivity index (χ3v) is 3.88. The minimum Gasteiger partial charge on any atom is -0.480 e. The van der Waals surface area contributed by atoms with Gasteiger partial charge in [-0.3, -0.25) is 9.59 Å². The van der Waals surface area contributed by atoms with E-state index in [0.717, 1.165) is 19.3 Å². The Labute approximate surface area is 117 Å². The van der Waals surface area contributed by atoms with Crippen molar-refractivity contribution in [2.24, 2.45) is 11.1 Å². The number of rotatable bonds is 8. The zero-order valence-corrected chi connectivity index (χ0v) is 11.7. The molecule has 0 saturated heterocycles. The first-order valence-corrected chi connectivity index (χ1v) is 6.71. The molecule has 0 radical (unpaired) electrons. The van der Waals surface area contributed by atoms with Gasteiger partial charge in [0.2, 0.25) is 5.91 Å². The van der Waals surface area contributed by atoms with Gasteiger partial charge in [-0.05, 0) is 31.2 Å². The molecule has 1 saturated carbocycles. The number of carboxylic acid groups (broad SMARTS) is 1. The van der Waals surface area contributed by atoms with Gasteiger partial charge in [0.1, 0.15) is 6.04 Å². The van der Waals surface area contributed by atoms with Crippen LogP contribution < -0.4 is 11.1 Å². The first-order valence-electron chi connectivity index (χ1n) is 6.71. The van der Waals surface area contributed by atoms with Crippen LogP contribution in [0.3, 0.4) is 0 Å². The van der Waals surface area contributed by atoms with Crippen LogP contribution >= 0.6 is 0 Å². The van der Waals surface area contributed by atoms with E-state index in [1.165, 1.54) is 7.11 Å². The van der Waals surface area contributed by atoms with Crippen LogP contribution in [0.2, 0.25) is 0 Å². The quantitative estimate of drug-likeness (QED) is 0.542. The largest absolute Gasteiger partial charge is 0.480 e. The number of nitrogens with one attached hydrogen (secondary N) is 1. The predicted octanol–water partition coefficient (Wildman–Crippen LogP) is 0.0281. The van der Waals surface area contributed by atoms with Crippen molar-refractivity contribution in [3.05, 3.63) is 0 Å². The van der Waals surface area contributed by atoms with Crippen LogP contribution in [-0.2, 0) is 19.1 Å². The van der Waals surface area contributed by atoms with E-state index in [0.29, 0.717) is 6.54 Å². The Hall–Kier alpha value is -1.63. The minimum atomic E-state index is -1.15. The molecule has 114 valence electrons. The molecule has 0 aromatic carbocycles. The minimum absolute atomic E-state index is 0.0172. The summed E-state index contributed by atoms with van der Waals surface area (Å²) in [5.74, 6) is -1.98. The van der Waals surface area contributed by atoms with Gasteiger partial charge in [-0.25, -0.2) is 4.79 Å². The van der Waals surface area contributed by atoms with Gasteiger partial charge in [0, 0.05) is 12.8 Å². The van der Waals surface area contributed by atoms with Crippen molar-refractivity contribution in [2.75, 3.05) is 13.7 Å². The van der Waals surface area contributed by atoms with Gasteiger partial charge >= 0.3 is 11.9 Å². The Balaban J connectivity index is 2.46. The van der Waals surface area contributed by atoms with Crippen LogP contribution in [0.5, 0.6) is 0 Å². The van der Waals surface area contributed by atoms with E-state index in [-0.39, 0.29) is 30.6 Å². The topological polar surface area (TPSA) is 119 Å². The SMILES string of the molecule is COC(=O)CC[C@H](NC(=O)CC1(CN)CCC1)C(=O)O. The maximum Gasteiger partial charge on any atom is 0.326 e. The lowest BCUT2D eigenvalue weighted by Gasteiger charge is -2.40. The van der Waals surface area contributed by atoms with Gasteiger partial charge in [0.15, 0.2) is 0 Å². The molecule has 0 aromatic heterocycles. The Morgan fingerprint density at radius 1 is 1.40 bits per heavy atom. The highest BCUT2D eigenvalue weighted by atomic mass is 16.5. The van der Waals surface area contributed by atoms with E-state index >= 15 is 0 Å². The molecule has 0 bridgehead atoms. The molecule has 1 atom stereocenters. The second-order valence-corrected chi connectivity index (χ2v) is 5.31. The number of carbonyl (C=O) groups is 3. The molecule has 1 aliphatic rings. The Morgan fingerprint density at radius 3 is 2.45 bits per heavy atom. The van der Waals surface area contributed by atoms with Gasteiger partial charge in [0.25, 0.3) is 0 Å². The van der Waals surface area contributed by atoms with Crippen LogP contribution in [0, 0.1) is 5.41 Å². The van der Waals surface area contributed by atoms with Crippen LogP contribution in [0.1, 0.15) is 38.5 Å². The molecule has 1 amide bonds. The molecule has 0 aliphatic heterocycles.